The zero-order valence-electron chi connectivity index (χ0n) is 18.3. The van der Waals surface area contributed by atoms with E-state index in [4.69, 9.17) is 4.74 Å². The monoisotopic (exact) mass is 430 g/mol. The van der Waals surface area contributed by atoms with Gasteiger partial charge in [-0.15, -0.1) is 0 Å². The molecule has 0 unspecified atom stereocenters. The van der Waals surface area contributed by atoms with Crippen molar-refractivity contribution in [3.05, 3.63) is 131 Å². The molecule has 0 aliphatic heterocycles. The maximum absolute atomic E-state index is 13.2. The molecule has 3 nitrogen and oxygen atoms in total. The van der Waals surface area contributed by atoms with E-state index in [1.807, 2.05) is 54.6 Å². The van der Waals surface area contributed by atoms with E-state index in [1.165, 1.54) is 0 Å². The number of carbonyl (C=O) groups excluding carboxylic acids is 2. The lowest BCUT2D eigenvalue weighted by Gasteiger charge is -2.16. The highest BCUT2D eigenvalue weighted by molar-refractivity contribution is 6.13. The van der Waals surface area contributed by atoms with Gasteiger partial charge in [-0.25, -0.2) is 0 Å². The molecule has 0 amide bonds. The molecular formula is C30H22O3. The fourth-order valence-electron chi connectivity index (χ4n) is 4.34. The van der Waals surface area contributed by atoms with Gasteiger partial charge >= 0.3 is 0 Å². The molecule has 0 radical (unpaired) electrons. The first-order chi connectivity index (χ1) is 16.0. The largest absolute Gasteiger partial charge is 0.456 e. The predicted octanol–water partition coefficient (Wildman–Crippen LogP) is 7.04. The molecule has 0 saturated heterocycles. The second-order valence-electron chi connectivity index (χ2n) is 8.20. The van der Waals surface area contributed by atoms with E-state index in [0.29, 0.717) is 40.2 Å². The highest BCUT2D eigenvalue weighted by Crippen LogP contribution is 2.45. The molecule has 0 saturated carbocycles. The maximum atomic E-state index is 13.2. The number of ketones is 2. The normalized spacial score (nSPS) is 11.4. The topological polar surface area (TPSA) is 43.4 Å². The van der Waals surface area contributed by atoms with Gasteiger partial charge in [0.2, 0.25) is 0 Å². The van der Waals surface area contributed by atoms with Crippen molar-refractivity contribution >= 4 is 11.6 Å². The highest BCUT2D eigenvalue weighted by atomic mass is 16.5. The van der Waals surface area contributed by atoms with Crippen molar-refractivity contribution < 1.29 is 14.3 Å². The van der Waals surface area contributed by atoms with Gasteiger partial charge < -0.3 is 4.74 Å². The Labute approximate surface area is 193 Å². The predicted molar refractivity (Wildman–Crippen MR) is 130 cm³/mol. The molecule has 4 aromatic rings. The number of hydrogen-bond acceptors (Lipinski definition) is 3. The number of fused-ring (bicyclic) bond motifs is 3. The lowest BCUT2D eigenvalue weighted by Crippen LogP contribution is -2.06. The molecule has 1 aliphatic carbocycles. The van der Waals surface area contributed by atoms with E-state index in [1.54, 1.807) is 37.3 Å². The molecule has 0 N–H and O–H groups in total. The second-order valence-corrected chi connectivity index (χ2v) is 8.20. The summed E-state index contributed by atoms with van der Waals surface area (Å²) in [6.45, 7) is 5.57. The standard InChI is InChI=1S/C30H22O3/c1-19(2)29(31)24-16-17-27(25-18-21-12-6-7-13-22(21)28(24)25)33-26-15-9-8-14-23(26)30(32)20-10-4-3-5-11-20/h3-17H,1,18H2,2H3. The average Bonchev–Trinajstić information content (AvgIpc) is 3.24. The van der Waals surface area contributed by atoms with Crippen LogP contribution in [0, 0.1) is 0 Å². The van der Waals surface area contributed by atoms with Crippen LogP contribution < -0.4 is 4.74 Å². The van der Waals surface area contributed by atoms with Crippen molar-refractivity contribution in [2.24, 2.45) is 0 Å². The van der Waals surface area contributed by atoms with E-state index < -0.39 is 0 Å². The molecule has 3 heteroatoms. The quantitative estimate of drug-likeness (QED) is 0.214. The summed E-state index contributed by atoms with van der Waals surface area (Å²) < 4.78 is 6.37. The van der Waals surface area contributed by atoms with Gasteiger partial charge in [-0.3, -0.25) is 9.59 Å². The van der Waals surface area contributed by atoms with Crippen LogP contribution in [0.1, 0.15) is 44.3 Å². The van der Waals surface area contributed by atoms with Crippen LogP contribution in [0.25, 0.3) is 11.1 Å². The van der Waals surface area contributed by atoms with Crippen LogP contribution in [-0.2, 0) is 6.42 Å². The average molecular weight is 431 g/mol. The first-order valence-corrected chi connectivity index (χ1v) is 10.9. The molecule has 0 heterocycles. The minimum Gasteiger partial charge on any atom is -0.456 e. The second kappa shape index (κ2) is 8.36. The van der Waals surface area contributed by atoms with Gasteiger partial charge in [-0.1, -0.05) is 73.3 Å². The molecule has 0 aromatic heterocycles. The van der Waals surface area contributed by atoms with Crippen molar-refractivity contribution in [1.29, 1.82) is 0 Å². The number of rotatable bonds is 6. The summed E-state index contributed by atoms with van der Waals surface area (Å²) in [4.78, 5) is 26.1. The Morgan fingerprint density at radius 3 is 2.24 bits per heavy atom. The van der Waals surface area contributed by atoms with Crippen LogP contribution in [0.15, 0.2) is 103 Å². The Morgan fingerprint density at radius 2 is 1.45 bits per heavy atom. The van der Waals surface area contributed by atoms with E-state index in [9.17, 15) is 9.59 Å². The number of benzene rings is 4. The van der Waals surface area contributed by atoms with E-state index in [2.05, 4.69) is 12.6 Å². The van der Waals surface area contributed by atoms with Crippen molar-refractivity contribution in [2.75, 3.05) is 0 Å². The molecule has 0 atom stereocenters. The Morgan fingerprint density at radius 1 is 0.758 bits per heavy atom. The fraction of sp³-hybridized carbons (Fsp3) is 0.0667. The van der Waals surface area contributed by atoms with Gasteiger partial charge in [0.1, 0.15) is 11.5 Å². The maximum Gasteiger partial charge on any atom is 0.196 e. The van der Waals surface area contributed by atoms with Crippen LogP contribution in [0.4, 0.5) is 0 Å². The zero-order valence-corrected chi connectivity index (χ0v) is 18.3. The first kappa shape index (κ1) is 20.7. The van der Waals surface area contributed by atoms with E-state index >= 15 is 0 Å². The molecule has 0 fully saturated rings. The van der Waals surface area contributed by atoms with Gasteiger partial charge in [0.05, 0.1) is 5.56 Å². The summed E-state index contributed by atoms with van der Waals surface area (Å²) >= 11 is 0. The zero-order chi connectivity index (χ0) is 22.9. The number of hydrogen-bond donors (Lipinski definition) is 0. The summed E-state index contributed by atoms with van der Waals surface area (Å²) in [6.07, 6.45) is 0.660. The number of carbonyl (C=O) groups is 2. The Kier molecular flexibility index (Phi) is 5.23. The molecule has 4 aromatic carbocycles. The number of ether oxygens (including phenoxy) is 1. The van der Waals surface area contributed by atoms with Gasteiger partial charge in [0.25, 0.3) is 0 Å². The number of Topliss-reactive ketones (excluding diaryl/α,β-unsaturated/α-hetero) is 1. The lowest BCUT2D eigenvalue weighted by molar-refractivity contribution is 0.102. The van der Waals surface area contributed by atoms with Gasteiger partial charge in [0, 0.05) is 28.7 Å². The molecule has 0 bridgehead atoms. The Balaban J connectivity index is 1.60. The number of allylic oxidation sites excluding steroid dienone is 1. The summed E-state index contributed by atoms with van der Waals surface area (Å²) in [5.41, 5.74) is 6.25. The van der Waals surface area contributed by atoms with Crippen LogP contribution in [-0.4, -0.2) is 11.6 Å². The van der Waals surface area contributed by atoms with E-state index in [0.717, 1.165) is 22.3 Å². The van der Waals surface area contributed by atoms with Crippen molar-refractivity contribution in [3.8, 4) is 22.6 Å². The third-order valence-electron chi connectivity index (χ3n) is 5.94. The number of para-hydroxylation sites is 1. The van der Waals surface area contributed by atoms with Crippen LogP contribution in [0.3, 0.4) is 0 Å². The third kappa shape index (κ3) is 3.68. The molecular weight excluding hydrogens is 408 g/mol. The van der Waals surface area contributed by atoms with Crippen molar-refractivity contribution in [1.82, 2.24) is 0 Å². The third-order valence-corrected chi connectivity index (χ3v) is 5.94. The van der Waals surface area contributed by atoms with Crippen LogP contribution in [0.5, 0.6) is 11.5 Å². The molecule has 0 spiro atoms. The van der Waals surface area contributed by atoms with Crippen molar-refractivity contribution in [3.63, 3.8) is 0 Å². The van der Waals surface area contributed by atoms with Gasteiger partial charge in [-0.05, 0) is 47.9 Å². The summed E-state index contributed by atoms with van der Waals surface area (Å²) in [6, 6.07) is 28.1. The van der Waals surface area contributed by atoms with Crippen LogP contribution >= 0.6 is 0 Å². The molecule has 33 heavy (non-hydrogen) atoms. The van der Waals surface area contributed by atoms with Gasteiger partial charge in [0.15, 0.2) is 11.6 Å². The van der Waals surface area contributed by atoms with Crippen LogP contribution in [0.2, 0.25) is 0 Å². The Bertz CT molecular complexity index is 1410. The molecule has 5 rings (SSSR count). The lowest BCUT2D eigenvalue weighted by atomic mass is 9.94. The Hall–Kier alpha value is -4.24. The van der Waals surface area contributed by atoms with Crippen molar-refractivity contribution in [2.45, 2.75) is 13.3 Å². The smallest absolute Gasteiger partial charge is 0.196 e. The summed E-state index contributed by atoms with van der Waals surface area (Å²) in [5, 5.41) is 0. The molecule has 160 valence electrons. The fourth-order valence-corrected chi connectivity index (χ4v) is 4.34. The highest BCUT2D eigenvalue weighted by Gasteiger charge is 2.28. The van der Waals surface area contributed by atoms with E-state index in [-0.39, 0.29) is 11.6 Å². The van der Waals surface area contributed by atoms with Gasteiger partial charge in [-0.2, -0.15) is 0 Å². The SMILES string of the molecule is C=C(C)C(=O)c1ccc(Oc2ccccc2C(=O)c2ccccc2)c2c1-c1ccccc1C2. The first-order valence-electron chi connectivity index (χ1n) is 10.9. The summed E-state index contributed by atoms with van der Waals surface area (Å²) in [5.74, 6) is 0.964. The summed E-state index contributed by atoms with van der Waals surface area (Å²) in [7, 11) is 0. The minimum atomic E-state index is -0.0970. The molecule has 1 aliphatic rings. The minimum absolute atomic E-state index is 0.0749.